The third-order valence-electron chi connectivity index (χ3n) is 2.45. The summed E-state index contributed by atoms with van der Waals surface area (Å²) in [6.07, 6.45) is -0.204. The molecule has 17 heavy (non-hydrogen) atoms. The normalized spacial score (nSPS) is 11.5. The number of hydrogen-bond donors (Lipinski definition) is 1. The highest BCUT2D eigenvalue weighted by atomic mass is 32.1. The van der Waals surface area contributed by atoms with E-state index in [0.717, 1.165) is 17.1 Å². The average molecular weight is 252 g/mol. The van der Waals surface area contributed by atoms with Gasteiger partial charge in [-0.3, -0.25) is 0 Å². The summed E-state index contributed by atoms with van der Waals surface area (Å²) in [6, 6.07) is 8.15. The SMILES string of the molecule is COC(CNCc1nc2ccccc2s1)OC. The van der Waals surface area contributed by atoms with E-state index in [1.54, 1.807) is 25.6 Å². The largest absolute Gasteiger partial charge is 0.355 e. The first kappa shape index (κ1) is 12.4. The molecule has 0 aliphatic carbocycles. The number of nitrogens with one attached hydrogen (secondary N) is 1. The zero-order valence-corrected chi connectivity index (χ0v) is 10.8. The first-order valence-corrected chi connectivity index (χ1v) is 6.26. The van der Waals surface area contributed by atoms with Crippen molar-refractivity contribution in [2.24, 2.45) is 0 Å². The molecule has 4 nitrogen and oxygen atoms in total. The Labute approximate surface area is 105 Å². The molecule has 0 fully saturated rings. The number of aromatic nitrogens is 1. The molecule has 0 spiro atoms. The number of fused-ring (bicyclic) bond motifs is 1. The van der Waals surface area contributed by atoms with E-state index in [0.29, 0.717) is 6.54 Å². The zero-order valence-electron chi connectivity index (χ0n) is 9.97. The van der Waals surface area contributed by atoms with Crippen molar-refractivity contribution >= 4 is 21.6 Å². The lowest BCUT2D eigenvalue weighted by Crippen LogP contribution is -2.29. The van der Waals surface area contributed by atoms with Crippen LogP contribution in [0.1, 0.15) is 5.01 Å². The fraction of sp³-hybridized carbons (Fsp3) is 0.417. The molecule has 0 aliphatic heterocycles. The number of nitrogens with zero attached hydrogens (tertiary/aromatic N) is 1. The lowest BCUT2D eigenvalue weighted by Gasteiger charge is -2.13. The molecule has 2 rings (SSSR count). The smallest absolute Gasteiger partial charge is 0.169 e. The molecular weight excluding hydrogens is 236 g/mol. The zero-order chi connectivity index (χ0) is 12.1. The third-order valence-corrected chi connectivity index (χ3v) is 3.49. The highest BCUT2D eigenvalue weighted by Crippen LogP contribution is 2.21. The number of methoxy groups -OCH3 is 2. The number of thiazole rings is 1. The first-order chi connectivity index (χ1) is 8.33. The number of para-hydroxylation sites is 1. The van der Waals surface area contributed by atoms with Gasteiger partial charge >= 0.3 is 0 Å². The van der Waals surface area contributed by atoms with Crippen LogP contribution in [0.15, 0.2) is 24.3 Å². The van der Waals surface area contributed by atoms with Crippen LogP contribution < -0.4 is 5.32 Å². The van der Waals surface area contributed by atoms with E-state index >= 15 is 0 Å². The van der Waals surface area contributed by atoms with Gasteiger partial charge in [0.1, 0.15) is 5.01 Å². The predicted octanol–water partition coefficient (Wildman–Crippen LogP) is 2.00. The van der Waals surface area contributed by atoms with Crippen molar-refractivity contribution in [3.8, 4) is 0 Å². The Morgan fingerprint density at radius 1 is 1.29 bits per heavy atom. The molecular formula is C12H16N2O2S. The van der Waals surface area contributed by atoms with Crippen LogP contribution in [-0.2, 0) is 16.0 Å². The van der Waals surface area contributed by atoms with Gasteiger partial charge in [0, 0.05) is 27.3 Å². The number of rotatable bonds is 6. The minimum absolute atomic E-state index is 0.204. The van der Waals surface area contributed by atoms with Gasteiger partial charge in [-0.1, -0.05) is 12.1 Å². The topological polar surface area (TPSA) is 43.4 Å². The summed E-state index contributed by atoms with van der Waals surface area (Å²) in [4.78, 5) is 4.54. The van der Waals surface area contributed by atoms with Crippen molar-refractivity contribution in [2.75, 3.05) is 20.8 Å². The fourth-order valence-electron chi connectivity index (χ4n) is 1.56. The van der Waals surface area contributed by atoms with Crippen molar-refractivity contribution < 1.29 is 9.47 Å². The minimum Gasteiger partial charge on any atom is -0.355 e. The van der Waals surface area contributed by atoms with Crippen LogP contribution in [0, 0.1) is 0 Å². The Kier molecular flexibility index (Phi) is 4.44. The fourth-order valence-corrected chi connectivity index (χ4v) is 2.49. The van der Waals surface area contributed by atoms with Crippen molar-refractivity contribution in [2.45, 2.75) is 12.8 Å². The van der Waals surface area contributed by atoms with E-state index in [2.05, 4.69) is 16.4 Å². The van der Waals surface area contributed by atoms with E-state index in [9.17, 15) is 0 Å². The van der Waals surface area contributed by atoms with Gasteiger partial charge in [0.25, 0.3) is 0 Å². The maximum atomic E-state index is 5.09. The van der Waals surface area contributed by atoms with Gasteiger partial charge in [0.05, 0.1) is 10.2 Å². The predicted molar refractivity (Wildman–Crippen MR) is 69.1 cm³/mol. The maximum Gasteiger partial charge on any atom is 0.169 e. The molecule has 0 aliphatic rings. The quantitative estimate of drug-likeness (QED) is 0.799. The number of ether oxygens (including phenoxy) is 2. The van der Waals surface area contributed by atoms with Crippen LogP contribution >= 0.6 is 11.3 Å². The third kappa shape index (κ3) is 3.23. The summed E-state index contributed by atoms with van der Waals surface area (Å²) in [5.41, 5.74) is 1.06. The molecule has 1 aromatic carbocycles. The van der Waals surface area contributed by atoms with Crippen LogP contribution in [0.25, 0.3) is 10.2 Å². The van der Waals surface area contributed by atoms with Crippen LogP contribution in [0.4, 0.5) is 0 Å². The van der Waals surface area contributed by atoms with Crippen LogP contribution in [0.3, 0.4) is 0 Å². The van der Waals surface area contributed by atoms with Gasteiger partial charge < -0.3 is 14.8 Å². The number of hydrogen-bond acceptors (Lipinski definition) is 5. The first-order valence-electron chi connectivity index (χ1n) is 5.44. The summed E-state index contributed by atoms with van der Waals surface area (Å²) < 4.78 is 11.4. The monoisotopic (exact) mass is 252 g/mol. The molecule has 1 N–H and O–H groups in total. The Hall–Kier alpha value is -1.01. The second kappa shape index (κ2) is 6.07. The van der Waals surface area contributed by atoms with Gasteiger partial charge in [-0.2, -0.15) is 0 Å². The van der Waals surface area contributed by atoms with Crippen molar-refractivity contribution in [3.05, 3.63) is 29.3 Å². The van der Waals surface area contributed by atoms with Crippen LogP contribution in [-0.4, -0.2) is 32.0 Å². The Bertz CT molecular complexity index is 435. The molecule has 2 aromatic rings. The van der Waals surface area contributed by atoms with E-state index in [4.69, 9.17) is 9.47 Å². The molecule has 1 heterocycles. The summed E-state index contributed by atoms with van der Waals surface area (Å²) in [5.74, 6) is 0. The van der Waals surface area contributed by atoms with Crippen LogP contribution in [0.5, 0.6) is 0 Å². The molecule has 0 saturated carbocycles. The Balaban J connectivity index is 1.90. The molecule has 0 atom stereocenters. The van der Waals surface area contributed by atoms with Crippen LogP contribution in [0.2, 0.25) is 0 Å². The summed E-state index contributed by atoms with van der Waals surface area (Å²) in [5, 5.41) is 4.34. The average Bonchev–Trinajstić information content (AvgIpc) is 2.77. The van der Waals surface area contributed by atoms with Gasteiger partial charge in [0.2, 0.25) is 0 Å². The van der Waals surface area contributed by atoms with Crippen molar-refractivity contribution in [3.63, 3.8) is 0 Å². The van der Waals surface area contributed by atoms with E-state index in [1.165, 1.54) is 4.70 Å². The van der Waals surface area contributed by atoms with Crippen molar-refractivity contribution in [1.82, 2.24) is 10.3 Å². The summed E-state index contributed by atoms with van der Waals surface area (Å²) in [7, 11) is 3.26. The van der Waals surface area contributed by atoms with E-state index in [-0.39, 0.29) is 6.29 Å². The molecule has 1 aromatic heterocycles. The highest BCUT2D eigenvalue weighted by Gasteiger charge is 2.06. The Morgan fingerprint density at radius 3 is 2.76 bits per heavy atom. The van der Waals surface area contributed by atoms with Gasteiger partial charge in [-0.05, 0) is 12.1 Å². The molecule has 0 amide bonds. The highest BCUT2D eigenvalue weighted by molar-refractivity contribution is 7.18. The molecule has 92 valence electrons. The maximum absolute atomic E-state index is 5.09. The lowest BCUT2D eigenvalue weighted by atomic mass is 10.3. The Morgan fingerprint density at radius 2 is 2.06 bits per heavy atom. The molecule has 0 radical (unpaired) electrons. The van der Waals surface area contributed by atoms with Crippen molar-refractivity contribution in [1.29, 1.82) is 0 Å². The number of benzene rings is 1. The summed E-state index contributed by atoms with van der Waals surface area (Å²) in [6.45, 7) is 1.39. The molecule has 0 unspecified atom stereocenters. The molecule has 0 saturated heterocycles. The lowest BCUT2D eigenvalue weighted by molar-refractivity contribution is -0.0989. The summed E-state index contributed by atoms with van der Waals surface area (Å²) >= 11 is 1.71. The second-order valence-electron chi connectivity index (χ2n) is 3.61. The molecule has 5 heteroatoms. The minimum atomic E-state index is -0.204. The second-order valence-corrected chi connectivity index (χ2v) is 4.72. The van der Waals surface area contributed by atoms with Gasteiger partial charge in [-0.25, -0.2) is 4.98 Å². The molecule has 0 bridgehead atoms. The van der Waals surface area contributed by atoms with E-state index in [1.807, 2.05) is 18.2 Å². The van der Waals surface area contributed by atoms with Gasteiger partial charge in [0.15, 0.2) is 6.29 Å². The standard InChI is InChI=1S/C12H16N2O2S/c1-15-12(16-2)8-13-7-11-14-9-5-3-4-6-10(9)17-11/h3-6,12-13H,7-8H2,1-2H3. The van der Waals surface area contributed by atoms with E-state index < -0.39 is 0 Å². The van der Waals surface area contributed by atoms with Gasteiger partial charge in [-0.15, -0.1) is 11.3 Å².